The number of rotatable bonds is 4. The fourth-order valence-electron chi connectivity index (χ4n) is 2.27. The van der Waals surface area contributed by atoms with Gasteiger partial charge in [-0.05, 0) is 23.7 Å². The number of hydrogen-bond donors (Lipinski definition) is 0. The Morgan fingerprint density at radius 1 is 0.667 bits per heavy atom. The molecule has 18 heavy (non-hydrogen) atoms. The second kappa shape index (κ2) is 17.0. The van der Waals surface area contributed by atoms with Crippen molar-refractivity contribution >= 4 is 0 Å². The Balaban J connectivity index is -0.000000141. The fourth-order valence-corrected chi connectivity index (χ4v) is 2.27. The van der Waals surface area contributed by atoms with Crippen molar-refractivity contribution in [3.8, 4) is 0 Å². The van der Waals surface area contributed by atoms with Crippen LogP contribution < -0.4 is 0 Å². The molecule has 0 aliphatic carbocycles. The molecule has 0 bridgehead atoms. The van der Waals surface area contributed by atoms with Crippen molar-refractivity contribution in [3.05, 3.63) is 0 Å². The van der Waals surface area contributed by atoms with E-state index in [9.17, 15) is 0 Å². The van der Waals surface area contributed by atoms with Crippen molar-refractivity contribution in [1.82, 2.24) is 0 Å². The maximum atomic E-state index is 2.43. The van der Waals surface area contributed by atoms with Crippen LogP contribution in [-0.2, 0) is 0 Å². The first kappa shape index (κ1) is 26.5. The van der Waals surface area contributed by atoms with Crippen LogP contribution in [-0.4, -0.2) is 0 Å². The molecular weight excluding hydrogens is 216 g/mol. The molecule has 0 nitrogen and oxygen atoms in total. The molecule has 0 amide bonds. The number of hydrogen-bond acceptors (Lipinski definition) is 0. The molecule has 1 atom stereocenters. The van der Waals surface area contributed by atoms with E-state index >= 15 is 0 Å². The summed E-state index contributed by atoms with van der Waals surface area (Å²) >= 11 is 0. The average molecular weight is 261 g/mol. The van der Waals surface area contributed by atoms with E-state index in [0.717, 1.165) is 0 Å². The molecule has 116 valence electrons. The highest BCUT2D eigenvalue weighted by Gasteiger charge is 2.27. The van der Waals surface area contributed by atoms with Crippen molar-refractivity contribution in [3.63, 3.8) is 0 Å². The van der Waals surface area contributed by atoms with Gasteiger partial charge in [-0.15, -0.1) is 0 Å². The van der Waals surface area contributed by atoms with Crippen molar-refractivity contribution in [1.29, 1.82) is 0 Å². The van der Waals surface area contributed by atoms with Gasteiger partial charge in [0.2, 0.25) is 0 Å². The van der Waals surface area contributed by atoms with E-state index in [4.69, 9.17) is 0 Å². The van der Waals surface area contributed by atoms with E-state index in [0.29, 0.717) is 10.8 Å². The van der Waals surface area contributed by atoms with Crippen molar-refractivity contribution in [2.24, 2.45) is 10.8 Å². The predicted octanol–water partition coefficient (Wildman–Crippen LogP) is 7.72. The van der Waals surface area contributed by atoms with Gasteiger partial charge in [0.15, 0.2) is 0 Å². The zero-order valence-corrected chi connectivity index (χ0v) is 15.8. The average Bonchev–Trinajstić information content (AvgIpc) is 2.35. The van der Waals surface area contributed by atoms with Crippen LogP contribution in [0.3, 0.4) is 0 Å². The Hall–Kier alpha value is 0. The van der Waals surface area contributed by atoms with Crippen molar-refractivity contribution < 1.29 is 0 Å². The standard InChI is InChI=1S/C12H26.3C2H6/c1-7-9-12(6,8-2)10-11(3,4)5;3*1-2/h7-10H2,1-6H3;3*1-2H3. The Morgan fingerprint density at radius 3 is 1.17 bits per heavy atom. The Bertz CT molecular complexity index is 118. The molecule has 0 aromatic heterocycles. The van der Waals surface area contributed by atoms with Gasteiger partial charge in [-0.25, -0.2) is 0 Å². The lowest BCUT2D eigenvalue weighted by Crippen LogP contribution is -2.22. The highest BCUT2D eigenvalue weighted by atomic mass is 14.3. The summed E-state index contributed by atoms with van der Waals surface area (Å²) in [5.74, 6) is 0. The molecule has 0 aromatic carbocycles. The largest absolute Gasteiger partial charge is 0.0683 e. The van der Waals surface area contributed by atoms with E-state index in [1.807, 2.05) is 41.5 Å². The molecule has 0 heteroatoms. The minimum absolute atomic E-state index is 0.486. The molecule has 0 N–H and O–H groups in total. The van der Waals surface area contributed by atoms with E-state index in [2.05, 4.69) is 41.5 Å². The molecule has 0 aromatic rings. The monoisotopic (exact) mass is 260 g/mol. The summed E-state index contributed by atoms with van der Waals surface area (Å²) in [6.07, 6.45) is 5.36. The second-order valence-electron chi connectivity index (χ2n) is 5.65. The molecule has 0 aliphatic heterocycles. The van der Waals surface area contributed by atoms with Gasteiger partial charge >= 0.3 is 0 Å². The second-order valence-corrected chi connectivity index (χ2v) is 5.65. The molecule has 0 radical (unpaired) electrons. The van der Waals surface area contributed by atoms with E-state index in [-0.39, 0.29) is 0 Å². The minimum atomic E-state index is 0.486. The highest BCUT2D eigenvalue weighted by Crippen LogP contribution is 2.39. The lowest BCUT2D eigenvalue weighted by atomic mass is 9.71. The van der Waals surface area contributed by atoms with Gasteiger partial charge in [-0.3, -0.25) is 0 Å². The molecule has 0 heterocycles. The fraction of sp³-hybridized carbons (Fsp3) is 1.00. The summed E-state index contributed by atoms with van der Waals surface area (Å²) in [6.45, 7) is 26.1. The maximum Gasteiger partial charge on any atom is -0.0324 e. The molecular formula is C18H44. The topological polar surface area (TPSA) is 0 Å². The van der Waals surface area contributed by atoms with Gasteiger partial charge < -0.3 is 0 Å². The first-order valence-electron chi connectivity index (χ1n) is 8.33. The van der Waals surface area contributed by atoms with Gasteiger partial charge in [0.05, 0.1) is 0 Å². The Kier molecular flexibility index (Phi) is 25.1. The van der Waals surface area contributed by atoms with Gasteiger partial charge in [0, 0.05) is 0 Å². The van der Waals surface area contributed by atoms with Crippen molar-refractivity contribution in [2.75, 3.05) is 0 Å². The third kappa shape index (κ3) is 21.3. The lowest BCUT2D eigenvalue weighted by molar-refractivity contribution is 0.169. The summed E-state index contributed by atoms with van der Waals surface area (Å²) in [7, 11) is 0. The summed E-state index contributed by atoms with van der Waals surface area (Å²) < 4.78 is 0. The first-order valence-corrected chi connectivity index (χ1v) is 8.33. The van der Waals surface area contributed by atoms with Crippen molar-refractivity contribution in [2.45, 2.75) is 109 Å². The van der Waals surface area contributed by atoms with E-state index < -0.39 is 0 Å². The summed E-state index contributed by atoms with van der Waals surface area (Å²) in [4.78, 5) is 0. The molecule has 0 rings (SSSR count). The minimum Gasteiger partial charge on any atom is -0.0683 e. The van der Waals surface area contributed by atoms with Gasteiger partial charge in [0.1, 0.15) is 0 Å². The third-order valence-corrected chi connectivity index (χ3v) is 2.66. The van der Waals surface area contributed by atoms with Gasteiger partial charge in [0.25, 0.3) is 0 Å². The quantitative estimate of drug-likeness (QED) is 0.485. The zero-order valence-electron chi connectivity index (χ0n) is 15.8. The van der Waals surface area contributed by atoms with Crippen LogP contribution in [0.15, 0.2) is 0 Å². The molecule has 0 fully saturated rings. The normalized spacial score (nSPS) is 12.7. The third-order valence-electron chi connectivity index (χ3n) is 2.66. The van der Waals surface area contributed by atoms with Crippen LogP contribution >= 0.6 is 0 Å². The molecule has 1 unspecified atom stereocenters. The van der Waals surface area contributed by atoms with Crippen LogP contribution in [0.2, 0.25) is 0 Å². The Morgan fingerprint density at radius 2 is 1.00 bits per heavy atom. The van der Waals surface area contributed by atoms with Crippen LogP contribution in [0.4, 0.5) is 0 Å². The summed E-state index contributed by atoms with van der Waals surface area (Å²) in [6, 6.07) is 0. The predicted molar refractivity (Wildman–Crippen MR) is 91.4 cm³/mol. The SMILES string of the molecule is CC.CC.CC.CCCC(C)(CC)CC(C)(C)C. The Labute approximate surface area is 120 Å². The zero-order chi connectivity index (χ0) is 15.8. The van der Waals surface area contributed by atoms with Gasteiger partial charge in [-0.2, -0.15) is 0 Å². The van der Waals surface area contributed by atoms with Crippen LogP contribution in [0.25, 0.3) is 0 Å². The first-order chi connectivity index (χ1) is 8.33. The van der Waals surface area contributed by atoms with Crippen LogP contribution in [0.1, 0.15) is 109 Å². The van der Waals surface area contributed by atoms with Crippen LogP contribution in [0, 0.1) is 10.8 Å². The van der Waals surface area contributed by atoms with E-state index in [1.54, 1.807) is 0 Å². The van der Waals surface area contributed by atoms with E-state index in [1.165, 1.54) is 25.7 Å². The molecule has 0 spiro atoms. The lowest BCUT2D eigenvalue weighted by Gasteiger charge is -2.34. The summed E-state index contributed by atoms with van der Waals surface area (Å²) in [5.41, 5.74) is 1.06. The van der Waals surface area contributed by atoms with Crippen LogP contribution in [0.5, 0.6) is 0 Å². The molecule has 0 aliphatic rings. The maximum absolute atomic E-state index is 2.43. The smallest absolute Gasteiger partial charge is 0.0324 e. The summed E-state index contributed by atoms with van der Waals surface area (Å²) in [5, 5.41) is 0. The van der Waals surface area contributed by atoms with Gasteiger partial charge in [-0.1, -0.05) is 95.9 Å². The molecule has 0 saturated carbocycles. The highest BCUT2D eigenvalue weighted by molar-refractivity contribution is 4.78. The molecule has 0 saturated heterocycles.